The number of ketones is 1. The molecule has 1 aromatic heterocycles. The van der Waals surface area contributed by atoms with E-state index in [2.05, 4.69) is 15.5 Å². The molecule has 0 unspecified atom stereocenters. The molecule has 6 nitrogen and oxygen atoms in total. The first kappa shape index (κ1) is 20.8. The number of benzene rings is 2. The summed E-state index contributed by atoms with van der Waals surface area (Å²) < 4.78 is 5.61. The SMILES string of the molecule is CC(C)(C)C(=O)Nc1ccc(C(=O)CSc2nnc(Cc3ccccc3)o2)cc1. The minimum absolute atomic E-state index is 0.0495. The maximum Gasteiger partial charge on any atom is 0.277 e. The molecule has 0 bridgehead atoms. The third-order valence-electron chi connectivity index (χ3n) is 4.12. The molecule has 0 saturated carbocycles. The first-order valence-electron chi connectivity index (χ1n) is 9.25. The van der Waals surface area contributed by atoms with Crippen molar-refractivity contribution in [3.63, 3.8) is 0 Å². The van der Waals surface area contributed by atoms with Gasteiger partial charge in [-0.05, 0) is 29.8 Å². The summed E-state index contributed by atoms with van der Waals surface area (Å²) in [7, 11) is 0. The highest BCUT2D eigenvalue weighted by atomic mass is 32.2. The lowest BCUT2D eigenvalue weighted by atomic mass is 9.95. The molecule has 7 heteroatoms. The lowest BCUT2D eigenvalue weighted by Crippen LogP contribution is -2.27. The van der Waals surface area contributed by atoms with Gasteiger partial charge in [0.05, 0.1) is 12.2 Å². The average Bonchev–Trinajstić information content (AvgIpc) is 3.14. The van der Waals surface area contributed by atoms with E-state index in [0.717, 1.165) is 5.56 Å². The number of thioether (sulfide) groups is 1. The number of hydrogen-bond acceptors (Lipinski definition) is 6. The lowest BCUT2D eigenvalue weighted by Gasteiger charge is -2.17. The highest BCUT2D eigenvalue weighted by Crippen LogP contribution is 2.21. The highest BCUT2D eigenvalue weighted by Gasteiger charge is 2.21. The van der Waals surface area contributed by atoms with E-state index >= 15 is 0 Å². The van der Waals surface area contributed by atoms with E-state index in [9.17, 15) is 9.59 Å². The van der Waals surface area contributed by atoms with Crippen LogP contribution in [0.25, 0.3) is 0 Å². The Hall–Kier alpha value is -2.93. The summed E-state index contributed by atoms with van der Waals surface area (Å²) in [6.45, 7) is 5.54. The number of hydrogen-bond donors (Lipinski definition) is 1. The smallest absolute Gasteiger partial charge is 0.277 e. The van der Waals surface area contributed by atoms with Gasteiger partial charge in [-0.2, -0.15) is 0 Å². The molecule has 1 N–H and O–H groups in total. The fourth-order valence-electron chi connectivity index (χ4n) is 2.41. The maximum absolute atomic E-state index is 12.4. The zero-order chi connectivity index (χ0) is 20.9. The highest BCUT2D eigenvalue weighted by molar-refractivity contribution is 7.99. The molecule has 0 fully saturated rings. The van der Waals surface area contributed by atoms with Gasteiger partial charge in [0.15, 0.2) is 5.78 Å². The molecule has 0 radical (unpaired) electrons. The molecule has 0 aliphatic carbocycles. The molecule has 0 aliphatic rings. The molecule has 3 aromatic rings. The first-order valence-corrected chi connectivity index (χ1v) is 10.2. The quantitative estimate of drug-likeness (QED) is 0.453. The number of nitrogens with zero attached hydrogens (tertiary/aromatic N) is 2. The van der Waals surface area contributed by atoms with Gasteiger partial charge in [0.25, 0.3) is 5.22 Å². The number of amides is 1. The van der Waals surface area contributed by atoms with Crippen LogP contribution in [0.4, 0.5) is 5.69 Å². The van der Waals surface area contributed by atoms with Crippen molar-refractivity contribution >= 4 is 29.1 Å². The van der Waals surface area contributed by atoms with E-state index in [4.69, 9.17) is 4.42 Å². The Bertz CT molecular complexity index is 977. The van der Waals surface area contributed by atoms with E-state index in [0.29, 0.717) is 28.8 Å². The molecule has 150 valence electrons. The Balaban J connectivity index is 1.52. The van der Waals surface area contributed by atoms with Crippen molar-refractivity contribution in [2.45, 2.75) is 32.4 Å². The Morgan fingerprint density at radius 2 is 1.69 bits per heavy atom. The fraction of sp³-hybridized carbons (Fsp3) is 0.273. The van der Waals surface area contributed by atoms with Crippen LogP contribution in [-0.4, -0.2) is 27.6 Å². The largest absolute Gasteiger partial charge is 0.416 e. The maximum atomic E-state index is 12.4. The van der Waals surface area contributed by atoms with Gasteiger partial charge >= 0.3 is 0 Å². The third-order valence-corrected chi connectivity index (χ3v) is 4.94. The molecule has 0 saturated heterocycles. The van der Waals surface area contributed by atoms with Crippen LogP contribution >= 0.6 is 11.8 Å². The van der Waals surface area contributed by atoms with Gasteiger partial charge in [-0.3, -0.25) is 9.59 Å². The van der Waals surface area contributed by atoms with Crippen LogP contribution in [0.15, 0.2) is 64.2 Å². The summed E-state index contributed by atoms with van der Waals surface area (Å²) in [6.07, 6.45) is 0.560. The number of carbonyl (C=O) groups is 2. The predicted octanol–water partition coefficient (Wildman–Crippen LogP) is 4.62. The fourth-order valence-corrected chi connectivity index (χ4v) is 3.08. The number of anilines is 1. The topological polar surface area (TPSA) is 85.1 Å². The second kappa shape index (κ2) is 9.05. The first-order chi connectivity index (χ1) is 13.8. The molecule has 2 aromatic carbocycles. The summed E-state index contributed by atoms with van der Waals surface area (Å²) >= 11 is 1.21. The van der Waals surface area contributed by atoms with Gasteiger partial charge in [-0.1, -0.05) is 62.9 Å². The van der Waals surface area contributed by atoms with Crippen LogP contribution in [0.3, 0.4) is 0 Å². The van der Waals surface area contributed by atoms with Gasteiger partial charge in [0.2, 0.25) is 11.8 Å². The number of carbonyl (C=O) groups excluding carboxylic acids is 2. The van der Waals surface area contributed by atoms with Crippen molar-refractivity contribution in [1.82, 2.24) is 10.2 Å². The Labute approximate surface area is 174 Å². The van der Waals surface area contributed by atoms with Crippen LogP contribution in [-0.2, 0) is 11.2 Å². The normalized spacial score (nSPS) is 11.3. The van der Waals surface area contributed by atoms with Crippen molar-refractivity contribution in [2.75, 3.05) is 11.1 Å². The minimum atomic E-state index is -0.478. The van der Waals surface area contributed by atoms with Crippen molar-refractivity contribution < 1.29 is 14.0 Å². The summed E-state index contributed by atoms with van der Waals surface area (Å²) in [5.74, 6) is 0.590. The van der Waals surface area contributed by atoms with E-state index in [1.54, 1.807) is 24.3 Å². The zero-order valence-corrected chi connectivity index (χ0v) is 17.5. The van der Waals surface area contributed by atoms with Crippen molar-refractivity contribution in [3.8, 4) is 0 Å². The molecular weight excluding hydrogens is 386 g/mol. The molecule has 0 spiro atoms. The molecular formula is C22H23N3O3S. The Morgan fingerprint density at radius 3 is 2.34 bits per heavy atom. The number of rotatable bonds is 7. The molecule has 0 aliphatic heterocycles. The van der Waals surface area contributed by atoms with Gasteiger partial charge in [0.1, 0.15) is 0 Å². The molecule has 1 heterocycles. The molecule has 0 atom stereocenters. The summed E-state index contributed by atoms with van der Waals surface area (Å²) in [5, 5.41) is 11.2. The second-order valence-corrected chi connectivity index (χ2v) is 8.54. The van der Waals surface area contributed by atoms with Gasteiger partial charge in [-0.25, -0.2) is 0 Å². The molecule has 1 amide bonds. The van der Waals surface area contributed by atoms with Crippen LogP contribution in [0.1, 0.15) is 42.6 Å². The van der Waals surface area contributed by atoms with E-state index in [-0.39, 0.29) is 17.4 Å². The number of aromatic nitrogens is 2. The van der Waals surface area contributed by atoms with Crippen LogP contribution < -0.4 is 5.32 Å². The zero-order valence-electron chi connectivity index (χ0n) is 16.6. The Kier molecular flexibility index (Phi) is 6.49. The van der Waals surface area contributed by atoms with E-state index < -0.39 is 5.41 Å². The molecule has 29 heavy (non-hydrogen) atoms. The number of Topliss-reactive ketones (excluding diaryl/α,β-unsaturated/α-hetero) is 1. The summed E-state index contributed by atoms with van der Waals surface area (Å²) in [4.78, 5) is 24.4. The van der Waals surface area contributed by atoms with E-state index in [1.807, 2.05) is 51.1 Å². The predicted molar refractivity (Wildman–Crippen MR) is 113 cm³/mol. The summed E-state index contributed by atoms with van der Waals surface area (Å²) in [5.41, 5.74) is 1.84. The summed E-state index contributed by atoms with van der Waals surface area (Å²) in [6, 6.07) is 16.7. The minimum Gasteiger partial charge on any atom is -0.416 e. The standard InChI is InChI=1S/C22H23N3O3S/c1-22(2,3)20(27)23-17-11-9-16(10-12-17)18(26)14-29-21-25-24-19(28-21)13-15-7-5-4-6-8-15/h4-12H,13-14H2,1-3H3,(H,23,27). The van der Waals surface area contributed by atoms with Crippen LogP contribution in [0.2, 0.25) is 0 Å². The average molecular weight is 410 g/mol. The van der Waals surface area contributed by atoms with E-state index in [1.165, 1.54) is 11.8 Å². The van der Waals surface area contributed by atoms with Gasteiger partial charge < -0.3 is 9.73 Å². The lowest BCUT2D eigenvalue weighted by molar-refractivity contribution is -0.123. The Morgan fingerprint density at radius 1 is 1.00 bits per heavy atom. The second-order valence-electron chi connectivity index (χ2n) is 7.62. The van der Waals surface area contributed by atoms with Gasteiger partial charge in [-0.15, -0.1) is 10.2 Å². The number of nitrogens with one attached hydrogen (secondary N) is 1. The van der Waals surface area contributed by atoms with Crippen molar-refractivity contribution in [1.29, 1.82) is 0 Å². The van der Waals surface area contributed by atoms with Crippen LogP contribution in [0.5, 0.6) is 0 Å². The van der Waals surface area contributed by atoms with Crippen molar-refractivity contribution in [3.05, 3.63) is 71.6 Å². The monoisotopic (exact) mass is 409 g/mol. The van der Waals surface area contributed by atoms with Crippen molar-refractivity contribution in [2.24, 2.45) is 5.41 Å². The van der Waals surface area contributed by atoms with Gasteiger partial charge in [0, 0.05) is 16.7 Å². The van der Waals surface area contributed by atoms with Crippen LogP contribution in [0, 0.1) is 5.41 Å². The third kappa shape index (κ3) is 6.02. The molecule has 3 rings (SSSR count).